The Bertz CT molecular complexity index is 504. The second kappa shape index (κ2) is 4.56. The monoisotopic (exact) mass is 243 g/mol. The molecule has 94 valence electrons. The molecule has 4 nitrogen and oxygen atoms in total. The molecule has 2 aliphatic rings. The van der Waals surface area contributed by atoms with Gasteiger partial charge in [0.1, 0.15) is 5.69 Å². The third kappa shape index (κ3) is 1.84. The topological polar surface area (TPSA) is 58.7 Å². The summed E-state index contributed by atoms with van der Waals surface area (Å²) in [6.45, 7) is 0. The maximum Gasteiger partial charge on any atom is 0.181 e. The summed E-state index contributed by atoms with van der Waals surface area (Å²) >= 11 is 0. The highest BCUT2D eigenvalue weighted by atomic mass is 16.1. The van der Waals surface area contributed by atoms with Crippen LogP contribution in [0, 0.1) is 17.2 Å². The van der Waals surface area contributed by atoms with E-state index in [9.17, 15) is 4.79 Å². The van der Waals surface area contributed by atoms with Crippen LogP contribution in [0.25, 0.3) is 0 Å². The van der Waals surface area contributed by atoms with Crippen LogP contribution in [0.4, 0.5) is 0 Å². The van der Waals surface area contributed by atoms with Gasteiger partial charge >= 0.3 is 0 Å². The number of hydrogen-bond acceptors (Lipinski definition) is 3. The van der Waals surface area contributed by atoms with Crippen LogP contribution < -0.4 is 0 Å². The zero-order valence-electron chi connectivity index (χ0n) is 10.4. The minimum absolute atomic E-state index is 0.205. The van der Waals surface area contributed by atoms with E-state index in [4.69, 9.17) is 5.26 Å². The predicted octanol–water partition coefficient (Wildman–Crippen LogP) is 2.66. The van der Waals surface area contributed by atoms with E-state index in [1.54, 1.807) is 0 Å². The first kappa shape index (κ1) is 11.5. The molecule has 1 saturated carbocycles. The van der Waals surface area contributed by atoms with Gasteiger partial charge in [-0.05, 0) is 38.5 Å². The molecule has 0 N–H and O–H groups in total. The Labute approximate surface area is 107 Å². The van der Waals surface area contributed by atoms with Crippen molar-refractivity contribution in [2.24, 2.45) is 5.92 Å². The zero-order chi connectivity index (χ0) is 12.5. The van der Waals surface area contributed by atoms with Crippen molar-refractivity contribution in [3.8, 4) is 6.07 Å². The van der Waals surface area contributed by atoms with Crippen molar-refractivity contribution >= 4 is 5.78 Å². The smallest absolute Gasteiger partial charge is 0.181 e. The first-order valence-electron chi connectivity index (χ1n) is 6.78. The minimum Gasteiger partial charge on any atom is -0.325 e. The van der Waals surface area contributed by atoms with E-state index in [2.05, 4.69) is 15.6 Å². The van der Waals surface area contributed by atoms with E-state index in [1.165, 1.54) is 0 Å². The Morgan fingerprint density at radius 1 is 1.28 bits per heavy atom. The van der Waals surface area contributed by atoms with Crippen LogP contribution in [0.2, 0.25) is 0 Å². The Morgan fingerprint density at radius 2 is 2.06 bits per heavy atom. The number of ketones is 1. The summed E-state index contributed by atoms with van der Waals surface area (Å²) in [6, 6.07) is 2.72. The van der Waals surface area contributed by atoms with Crippen LogP contribution >= 0.6 is 0 Å². The van der Waals surface area contributed by atoms with Crippen molar-refractivity contribution < 1.29 is 4.79 Å². The molecule has 0 spiro atoms. The normalized spacial score (nSPS) is 27.6. The molecule has 0 radical (unpaired) electrons. The number of imidazole rings is 1. The summed E-state index contributed by atoms with van der Waals surface area (Å²) in [6.07, 6.45) is 8.25. The minimum atomic E-state index is 0.205. The largest absolute Gasteiger partial charge is 0.325 e. The highest BCUT2D eigenvalue weighted by Gasteiger charge is 2.28. The van der Waals surface area contributed by atoms with E-state index in [1.807, 2.05) is 6.33 Å². The van der Waals surface area contributed by atoms with E-state index < -0.39 is 0 Å². The van der Waals surface area contributed by atoms with Crippen molar-refractivity contribution in [3.05, 3.63) is 17.7 Å². The summed E-state index contributed by atoms with van der Waals surface area (Å²) in [7, 11) is 0. The molecule has 0 atom stereocenters. The van der Waals surface area contributed by atoms with Crippen LogP contribution in [0.1, 0.15) is 60.7 Å². The molecule has 0 amide bonds. The number of nitrogens with zero attached hydrogens (tertiary/aromatic N) is 3. The van der Waals surface area contributed by atoms with E-state index in [-0.39, 0.29) is 11.7 Å². The standard InChI is InChI=1S/C14H17N3O/c15-8-10-4-6-11(7-5-10)17-9-16-12-2-1-3-13(18)14(12)17/h9-11H,1-7H2/t10-,11-. The fourth-order valence-electron chi connectivity index (χ4n) is 3.18. The van der Waals surface area contributed by atoms with E-state index >= 15 is 0 Å². The van der Waals surface area contributed by atoms with Gasteiger partial charge in [-0.15, -0.1) is 0 Å². The molecule has 0 aromatic carbocycles. The van der Waals surface area contributed by atoms with Crippen molar-refractivity contribution in [1.82, 2.24) is 9.55 Å². The van der Waals surface area contributed by atoms with Crippen LogP contribution in [0.5, 0.6) is 0 Å². The molecule has 1 aromatic rings. The summed E-state index contributed by atoms with van der Waals surface area (Å²) in [5.74, 6) is 0.451. The summed E-state index contributed by atoms with van der Waals surface area (Å²) in [4.78, 5) is 16.4. The van der Waals surface area contributed by atoms with Crippen LogP contribution in [-0.2, 0) is 6.42 Å². The average molecular weight is 243 g/mol. The van der Waals surface area contributed by atoms with Gasteiger partial charge in [-0.25, -0.2) is 4.98 Å². The number of fused-ring (bicyclic) bond motifs is 1. The lowest BCUT2D eigenvalue weighted by atomic mass is 9.86. The number of aromatic nitrogens is 2. The molecule has 1 aromatic heterocycles. The van der Waals surface area contributed by atoms with Gasteiger partial charge in [-0.1, -0.05) is 0 Å². The zero-order valence-corrected chi connectivity index (χ0v) is 10.4. The summed E-state index contributed by atoms with van der Waals surface area (Å²) in [5.41, 5.74) is 1.83. The van der Waals surface area contributed by atoms with Gasteiger partial charge in [0.15, 0.2) is 5.78 Å². The van der Waals surface area contributed by atoms with Gasteiger partial charge in [0.05, 0.1) is 18.1 Å². The maximum atomic E-state index is 12.0. The van der Waals surface area contributed by atoms with Gasteiger partial charge in [0, 0.05) is 18.4 Å². The number of carbonyl (C=O) groups excluding carboxylic acids is 1. The maximum absolute atomic E-state index is 12.0. The molecule has 0 aliphatic heterocycles. The third-order valence-corrected chi connectivity index (χ3v) is 4.22. The molecular formula is C14H17N3O. The van der Waals surface area contributed by atoms with Crippen molar-refractivity contribution in [3.63, 3.8) is 0 Å². The van der Waals surface area contributed by atoms with Crippen molar-refractivity contribution in [1.29, 1.82) is 5.26 Å². The molecule has 18 heavy (non-hydrogen) atoms. The second-order valence-electron chi connectivity index (χ2n) is 5.36. The molecule has 0 unspecified atom stereocenters. The van der Waals surface area contributed by atoms with Crippen LogP contribution in [-0.4, -0.2) is 15.3 Å². The number of aryl methyl sites for hydroxylation is 1. The molecule has 3 rings (SSSR count). The number of Topliss-reactive ketones (excluding diaryl/α,β-unsaturated/α-hetero) is 1. The lowest BCUT2D eigenvalue weighted by Gasteiger charge is -2.27. The Hall–Kier alpha value is -1.63. The van der Waals surface area contributed by atoms with Gasteiger partial charge < -0.3 is 4.57 Å². The molecule has 0 saturated heterocycles. The van der Waals surface area contributed by atoms with Gasteiger partial charge in [-0.2, -0.15) is 5.26 Å². The van der Waals surface area contributed by atoms with E-state index in [0.29, 0.717) is 12.5 Å². The fraction of sp³-hybridized carbons (Fsp3) is 0.643. The SMILES string of the molecule is N#C[C@H]1CC[C@H](n2cnc3c2C(=O)CCC3)CC1. The molecule has 1 heterocycles. The summed E-state index contributed by atoms with van der Waals surface area (Å²) in [5, 5.41) is 8.92. The highest BCUT2D eigenvalue weighted by Crippen LogP contribution is 2.34. The van der Waals surface area contributed by atoms with Crippen LogP contribution in [0.15, 0.2) is 6.33 Å². The predicted molar refractivity (Wildman–Crippen MR) is 66.1 cm³/mol. The Balaban J connectivity index is 1.84. The fourth-order valence-corrected chi connectivity index (χ4v) is 3.18. The van der Waals surface area contributed by atoms with E-state index in [0.717, 1.165) is 49.9 Å². The van der Waals surface area contributed by atoms with Gasteiger partial charge in [0.25, 0.3) is 0 Å². The summed E-state index contributed by atoms with van der Waals surface area (Å²) < 4.78 is 2.09. The number of nitriles is 1. The first-order valence-corrected chi connectivity index (χ1v) is 6.78. The quantitative estimate of drug-likeness (QED) is 0.761. The van der Waals surface area contributed by atoms with Crippen LogP contribution in [0.3, 0.4) is 0 Å². The van der Waals surface area contributed by atoms with Crippen molar-refractivity contribution in [2.45, 2.75) is 51.0 Å². The second-order valence-corrected chi connectivity index (χ2v) is 5.36. The highest BCUT2D eigenvalue weighted by molar-refractivity contribution is 5.96. The lowest BCUT2D eigenvalue weighted by Crippen LogP contribution is -2.22. The average Bonchev–Trinajstić information content (AvgIpc) is 2.84. The number of carbonyl (C=O) groups is 1. The Morgan fingerprint density at radius 3 is 2.78 bits per heavy atom. The molecule has 4 heteroatoms. The van der Waals surface area contributed by atoms with Gasteiger partial charge in [-0.3, -0.25) is 4.79 Å². The first-order chi connectivity index (χ1) is 8.79. The van der Waals surface area contributed by atoms with Gasteiger partial charge in [0.2, 0.25) is 0 Å². The molecule has 0 bridgehead atoms. The number of hydrogen-bond donors (Lipinski definition) is 0. The van der Waals surface area contributed by atoms with Crippen molar-refractivity contribution in [2.75, 3.05) is 0 Å². The molecule has 2 aliphatic carbocycles. The Kier molecular flexibility index (Phi) is 2.91. The number of rotatable bonds is 1. The molecular weight excluding hydrogens is 226 g/mol. The lowest BCUT2D eigenvalue weighted by molar-refractivity contribution is 0.0958. The molecule has 1 fully saturated rings. The third-order valence-electron chi connectivity index (χ3n) is 4.22.